The van der Waals surface area contributed by atoms with Crippen LogP contribution in [-0.4, -0.2) is 5.11 Å². The van der Waals surface area contributed by atoms with Gasteiger partial charge in [0.25, 0.3) is 0 Å². The van der Waals surface area contributed by atoms with Gasteiger partial charge in [-0.2, -0.15) is 0 Å². The second kappa shape index (κ2) is 3.29. The van der Waals surface area contributed by atoms with Crippen molar-refractivity contribution in [3.63, 3.8) is 0 Å². The van der Waals surface area contributed by atoms with E-state index in [1.54, 1.807) is 12.1 Å². The topological polar surface area (TPSA) is 20.2 Å². The molecule has 0 aromatic heterocycles. The SMILES string of the molecule is C#Cc1c(F)cc(O)c2cccc(C)c12. The molecule has 1 nitrogen and oxygen atoms in total. The summed E-state index contributed by atoms with van der Waals surface area (Å²) < 4.78 is 13.5. The van der Waals surface area contributed by atoms with Gasteiger partial charge in [-0.05, 0) is 12.5 Å². The minimum absolute atomic E-state index is 0.0785. The first-order chi connectivity index (χ1) is 7.15. The second-order valence-corrected chi connectivity index (χ2v) is 3.39. The lowest BCUT2D eigenvalue weighted by atomic mass is 9.99. The van der Waals surface area contributed by atoms with Gasteiger partial charge < -0.3 is 5.11 Å². The maximum Gasteiger partial charge on any atom is 0.143 e. The van der Waals surface area contributed by atoms with E-state index in [0.717, 1.165) is 11.6 Å². The van der Waals surface area contributed by atoms with Crippen LogP contribution in [0.2, 0.25) is 0 Å². The zero-order chi connectivity index (χ0) is 11.0. The third kappa shape index (κ3) is 1.33. The van der Waals surface area contributed by atoms with Crippen LogP contribution in [0.15, 0.2) is 24.3 Å². The fraction of sp³-hybridized carbons (Fsp3) is 0.0769. The first-order valence-electron chi connectivity index (χ1n) is 4.52. The average molecular weight is 200 g/mol. The van der Waals surface area contributed by atoms with Crippen molar-refractivity contribution < 1.29 is 9.50 Å². The summed E-state index contributed by atoms with van der Waals surface area (Å²) in [4.78, 5) is 0. The number of rotatable bonds is 0. The third-order valence-electron chi connectivity index (χ3n) is 2.45. The Morgan fingerprint density at radius 2 is 2.13 bits per heavy atom. The van der Waals surface area contributed by atoms with E-state index < -0.39 is 5.82 Å². The van der Waals surface area contributed by atoms with E-state index in [4.69, 9.17) is 6.42 Å². The van der Waals surface area contributed by atoms with Gasteiger partial charge >= 0.3 is 0 Å². The van der Waals surface area contributed by atoms with Crippen molar-refractivity contribution in [1.82, 2.24) is 0 Å². The van der Waals surface area contributed by atoms with Crippen LogP contribution in [0.5, 0.6) is 5.75 Å². The maximum atomic E-state index is 13.5. The van der Waals surface area contributed by atoms with E-state index in [9.17, 15) is 9.50 Å². The molecule has 0 aliphatic rings. The lowest BCUT2D eigenvalue weighted by Crippen LogP contribution is -1.89. The van der Waals surface area contributed by atoms with E-state index in [-0.39, 0.29) is 11.3 Å². The monoisotopic (exact) mass is 200 g/mol. The predicted molar refractivity (Wildman–Crippen MR) is 58.2 cm³/mol. The Balaban J connectivity index is 3.07. The van der Waals surface area contributed by atoms with Crippen LogP contribution in [0, 0.1) is 25.1 Å². The molecule has 2 aromatic carbocycles. The van der Waals surface area contributed by atoms with Crippen LogP contribution in [0.3, 0.4) is 0 Å². The van der Waals surface area contributed by atoms with E-state index in [2.05, 4.69) is 5.92 Å². The molecule has 0 saturated heterocycles. The Morgan fingerprint density at radius 3 is 2.80 bits per heavy atom. The average Bonchev–Trinajstić information content (AvgIpc) is 2.20. The summed E-state index contributed by atoms with van der Waals surface area (Å²) in [6.45, 7) is 1.84. The van der Waals surface area contributed by atoms with E-state index >= 15 is 0 Å². The fourth-order valence-corrected chi connectivity index (χ4v) is 1.74. The molecular formula is C13H9FO. The number of hydrogen-bond donors (Lipinski definition) is 1. The molecule has 15 heavy (non-hydrogen) atoms. The Bertz CT molecular complexity index is 579. The van der Waals surface area contributed by atoms with Crippen molar-refractivity contribution in [2.45, 2.75) is 6.92 Å². The Hall–Kier alpha value is -2.01. The smallest absolute Gasteiger partial charge is 0.143 e. The summed E-state index contributed by atoms with van der Waals surface area (Å²) in [7, 11) is 0. The quantitative estimate of drug-likeness (QED) is 0.648. The van der Waals surface area contributed by atoms with Gasteiger partial charge in [-0.3, -0.25) is 0 Å². The molecule has 0 unspecified atom stereocenters. The number of aryl methyl sites for hydroxylation is 1. The summed E-state index contributed by atoms with van der Waals surface area (Å²) in [5, 5.41) is 10.8. The number of fused-ring (bicyclic) bond motifs is 1. The van der Waals surface area contributed by atoms with E-state index in [1.807, 2.05) is 13.0 Å². The lowest BCUT2D eigenvalue weighted by Gasteiger charge is -2.07. The molecule has 0 amide bonds. The van der Waals surface area contributed by atoms with Crippen LogP contribution in [0.25, 0.3) is 10.8 Å². The number of benzene rings is 2. The molecule has 0 atom stereocenters. The van der Waals surface area contributed by atoms with Crippen molar-refractivity contribution in [2.24, 2.45) is 0 Å². The van der Waals surface area contributed by atoms with Gasteiger partial charge in [0.05, 0.1) is 5.56 Å². The third-order valence-corrected chi connectivity index (χ3v) is 2.45. The van der Waals surface area contributed by atoms with E-state index in [0.29, 0.717) is 10.8 Å². The Labute approximate surface area is 87.2 Å². The van der Waals surface area contributed by atoms with Gasteiger partial charge in [0, 0.05) is 16.8 Å². The van der Waals surface area contributed by atoms with Crippen molar-refractivity contribution >= 4 is 10.8 Å². The van der Waals surface area contributed by atoms with Crippen molar-refractivity contribution in [3.05, 3.63) is 41.2 Å². The summed E-state index contributed by atoms with van der Waals surface area (Å²) in [5.74, 6) is 1.68. The van der Waals surface area contributed by atoms with Crippen LogP contribution >= 0.6 is 0 Å². The standard InChI is InChI=1S/C13H9FO/c1-3-9-11(14)7-12(15)10-6-4-5-8(2)13(9)10/h1,4-7,15H,2H3. The minimum Gasteiger partial charge on any atom is -0.507 e. The van der Waals surface area contributed by atoms with Gasteiger partial charge in [0.1, 0.15) is 11.6 Å². The lowest BCUT2D eigenvalue weighted by molar-refractivity contribution is 0.475. The van der Waals surface area contributed by atoms with Gasteiger partial charge in [0.2, 0.25) is 0 Å². The largest absolute Gasteiger partial charge is 0.507 e. The van der Waals surface area contributed by atoms with Crippen LogP contribution in [0.1, 0.15) is 11.1 Å². The normalized spacial score (nSPS) is 10.2. The Morgan fingerprint density at radius 1 is 1.40 bits per heavy atom. The summed E-state index contributed by atoms with van der Waals surface area (Å²) >= 11 is 0. The molecule has 0 aliphatic carbocycles. The number of halogens is 1. The molecule has 1 N–H and O–H groups in total. The second-order valence-electron chi connectivity index (χ2n) is 3.39. The molecule has 0 radical (unpaired) electrons. The molecule has 2 aromatic rings. The molecule has 0 aliphatic heterocycles. The zero-order valence-electron chi connectivity index (χ0n) is 8.21. The summed E-state index contributed by atoms with van der Waals surface area (Å²) in [6, 6.07) is 6.41. The summed E-state index contributed by atoms with van der Waals surface area (Å²) in [5.41, 5.74) is 1.07. The van der Waals surface area contributed by atoms with Crippen molar-refractivity contribution in [3.8, 4) is 18.1 Å². The molecule has 74 valence electrons. The molecule has 0 spiro atoms. The highest BCUT2D eigenvalue weighted by Crippen LogP contribution is 2.31. The number of phenolic OH excluding ortho intramolecular Hbond substituents is 1. The highest BCUT2D eigenvalue weighted by molar-refractivity contribution is 5.95. The van der Waals surface area contributed by atoms with Crippen LogP contribution in [-0.2, 0) is 0 Å². The van der Waals surface area contributed by atoms with Crippen molar-refractivity contribution in [2.75, 3.05) is 0 Å². The molecule has 0 heterocycles. The van der Waals surface area contributed by atoms with Crippen LogP contribution < -0.4 is 0 Å². The molecular weight excluding hydrogens is 191 g/mol. The minimum atomic E-state index is -0.559. The maximum absolute atomic E-state index is 13.5. The van der Waals surface area contributed by atoms with Crippen molar-refractivity contribution in [1.29, 1.82) is 0 Å². The molecule has 0 fully saturated rings. The molecule has 0 bridgehead atoms. The van der Waals surface area contributed by atoms with Gasteiger partial charge in [0.15, 0.2) is 0 Å². The predicted octanol–water partition coefficient (Wildman–Crippen LogP) is 2.97. The summed E-state index contributed by atoms with van der Waals surface area (Å²) in [6.07, 6.45) is 5.26. The van der Waals surface area contributed by atoms with Crippen LogP contribution in [0.4, 0.5) is 4.39 Å². The highest BCUT2D eigenvalue weighted by atomic mass is 19.1. The molecule has 2 heteroatoms. The highest BCUT2D eigenvalue weighted by Gasteiger charge is 2.11. The van der Waals surface area contributed by atoms with Gasteiger partial charge in [-0.25, -0.2) is 4.39 Å². The zero-order valence-corrected chi connectivity index (χ0v) is 8.21. The van der Waals surface area contributed by atoms with E-state index in [1.165, 1.54) is 0 Å². The molecule has 0 saturated carbocycles. The number of aromatic hydroxyl groups is 1. The Kier molecular flexibility index (Phi) is 2.09. The van der Waals surface area contributed by atoms with Gasteiger partial charge in [-0.1, -0.05) is 24.1 Å². The first-order valence-corrected chi connectivity index (χ1v) is 4.52. The number of hydrogen-bond acceptors (Lipinski definition) is 1. The van der Waals surface area contributed by atoms with Gasteiger partial charge in [-0.15, -0.1) is 6.42 Å². The first kappa shape index (κ1) is 9.54. The number of phenols is 1. The number of terminal acetylenes is 1. The fourth-order valence-electron chi connectivity index (χ4n) is 1.74. The molecule has 2 rings (SSSR count).